The van der Waals surface area contributed by atoms with Crippen LogP contribution in [-0.2, 0) is 13.0 Å². The minimum absolute atomic E-state index is 0.206. The Morgan fingerprint density at radius 3 is 2.52 bits per heavy atom. The fourth-order valence-electron chi connectivity index (χ4n) is 2.99. The number of aromatic nitrogens is 2. The molecule has 0 radical (unpaired) electrons. The number of carbonyl (C=O) groups is 1. The Hall–Kier alpha value is -3.41. The number of nitrogens with one attached hydrogen (secondary N) is 2. The lowest BCUT2D eigenvalue weighted by atomic mass is 10.1. The van der Waals surface area contributed by atoms with Crippen LogP contribution in [0.4, 0.5) is 5.82 Å². The molecule has 0 spiro atoms. The molecule has 1 amide bonds. The molecular formula is C23H26N4O2. The van der Waals surface area contributed by atoms with Gasteiger partial charge < -0.3 is 15.4 Å². The molecule has 2 aromatic carbocycles. The van der Waals surface area contributed by atoms with Crippen molar-refractivity contribution in [1.29, 1.82) is 0 Å². The van der Waals surface area contributed by atoms with Gasteiger partial charge in [-0.3, -0.25) is 4.79 Å². The number of hydrogen-bond acceptors (Lipinski definition) is 5. The average molecular weight is 390 g/mol. The molecule has 1 aromatic heterocycles. The molecule has 0 fully saturated rings. The van der Waals surface area contributed by atoms with E-state index >= 15 is 0 Å². The zero-order valence-electron chi connectivity index (χ0n) is 17.0. The maximum Gasteiger partial charge on any atom is 0.270 e. The summed E-state index contributed by atoms with van der Waals surface area (Å²) in [6.07, 6.45) is 0.734. The second-order valence-corrected chi connectivity index (χ2v) is 6.88. The monoisotopic (exact) mass is 390 g/mol. The molecule has 3 rings (SSSR count). The number of nitrogens with zero attached hydrogens (tertiary/aromatic N) is 2. The van der Waals surface area contributed by atoms with Gasteiger partial charge in [0.25, 0.3) is 5.91 Å². The third-order valence-corrected chi connectivity index (χ3v) is 4.48. The summed E-state index contributed by atoms with van der Waals surface area (Å²) in [5.74, 6) is 1.81. The minimum atomic E-state index is -0.206. The van der Waals surface area contributed by atoms with Crippen molar-refractivity contribution in [3.05, 3.63) is 82.8 Å². The zero-order chi connectivity index (χ0) is 20.6. The Morgan fingerprint density at radius 1 is 1.00 bits per heavy atom. The molecule has 2 N–H and O–H groups in total. The van der Waals surface area contributed by atoms with Crippen molar-refractivity contribution in [3.8, 4) is 5.75 Å². The zero-order valence-corrected chi connectivity index (χ0v) is 17.0. The van der Waals surface area contributed by atoms with Crippen molar-refractivity contribution in [2.24, 2.45) is 0 Å². The lowest BCUT2D eigenvalue weighted by molar-refractivity contribution is 0.0949. The van der Waals surface area contributed by atoms with Crippen molar-refractivity contribution >= 4 is 11.7 Å². The molecule has 0 bridgehead atoms. The summed E-state index contributed by atoms with van der Waals surface area (Å²) >= 11 is 0. The number of carbonyl (C=O) groups excluding carboxylic acids is 1. The van der Waals surface area contributed by atoms with Crippen LogP contribution in [-0.4, -0.2) is 29.5 Å². The first kappa shape index (κ1) is 20.3. The van der Waals surface area contributed by atoms with Crippen LogP contribution in [0.5, 0.6) is 5.75 Å². The van der Waals surface area contributed by atoms with Crippen LogP contribution in [0.1, 0.15) is 33.0 Å². The van der Waals surface area contributed by atoms with Crippen LogP contribution < -0.4 is 15.4 Å². The van der Waals surface area contributed by atoms with E-state index in [4.69, 9.17) is 4.74 Å². The number of benzene rings is 2. The predicted octanol–water partition coefficient (Wildman–Crippen LogP) is 3.69. The molecule has 6 nitrogen and oxygen atoms in total. The number of rotatable bonds is 8. The summed E-state index contributed by atoms with van der Waals surface area (Å²) in [6, 6.07) is 17.8. The van der Waals surface area contributed by atoms with E-state index in [1.165, 1.54) is 5.56 Å². The average Bonchev–Trinajstić information content (AvgIpc) is 2.72. The molecule has 0 atom stereocenters. The molecule has 150 valence electrons. The van der Waals surface area contributed by atoms with Crippen molar-refractivity contribution in [1.82, 2.24) is 15.3 Å². The van der Waals surface area contributed by atoms with Gasteiger partial charge in [-0.05, 0) is 43.5 Å². The first-order chi connectivity index (χ1) is 14.0. The second-order valence-electron chi connectivity index (χ2n) is 6.88. The number of anilines is 1. The molecule has 29 heavy (non-hydrogen) atoms. The maximum absolute atomic E-state index is 12.5. The predicted molar refractivity (Wildman–Crippen MR) is 114 cm³/mol. The summed E-state index contributed by atoms with van der Waals surface area (Å²) in [6.45, 7) is 5.01. The van der Waals surface area contributed by atoms with Gasteiger partial charge in [0, 0.05) is 19.2 Å². The van der Waals surface area contributed by atoms with Gasteiger partial charge in [-0.1, -0.05) is 42.0 Å². The maximum atomic E-state index is 12.5. The van der Waals surface area contributed by atoms with Gasteiger partial charge in [-0.15, -0.1) is 0 Å². The van der Waals surface area contributed by atoms with Gasteiger partial charge in [0.2, 0.25) is 0 Å². The second kappa shape index (κ2) is 9.68. The van der Waals surface area contributed by atoms with E-state index in [9.17, 15) is 4.79 Å². The number of aryl methyl sites for hydroxylation is 2. The lowest BCUT2D eigenvalue weighted by Gasteiger charge is -2.10. The smallest absolute Gasteiger partial charge is 0.270 e. The van der Waals surface area contributed by atoms with Crippen LogP contribution in [0.25, 0.3) is 0 Å². The fraction of sp³-hybridized carbons (Fsp3) is 0.261. The highest BCUT2D eigenvalue weighted by molar-refractivity contribution is 5.92. The van der Waals surface area contributed by atoms with Crippen LogP contribution in [0.3, 0.4) is 0 Å². The SMILES string of the molecule is COc1ccc(CCNC(=O)c2cc(NCc3cccc(C)c3)nc(C)n2)cc1. The van der Waals surface area contributed by atoms with E-state index in [2.05, 4.69) is 45.7 Å². The Labute approximate surface area is 171 Å². The number of ether oxygens (including phenoxy) is 1. The third-order valence-electron chi connectivity index (χ3n) is 4.48. The van der Waals surface area contributed by atoms with Crippen molar-refractivity contribution in [2.75, 3.05) is 19.0 Å². The van der Waals surface area contributed by atoms with Gasteiger partial charge in [-0.2, -0.15) is 0 Å². The highest BCUT2D eigenvalue weighted by Gasteiger charge is 2.10. The van der Waals surface area contributed by atoms with E-state index in [0.717, 1.165) is 23.3 Å². The lowest BCUT2D eigenvalue weighted by Crippen LogP contribution is -2.27. The van der Waals surface area contributed by atoms with E-state index in [-0.39, 0.29) is 5.91 Å². The van der Waals surface area contributed by atoms with E-state index in [1.54, 1.807) is 20.1 Å². The van der Waals surface area contributed by atoms with E-state index in [1.807, 2.05) is 30.3 Å². The Bertz CT molecular complexity index is 971. The van der Waals surface area contributed by atoms with Crippen LogP contribution >= 0.6 is 0 Å². The fourth-order valence-corrected chi connectivity index (χ4v) is 2.99. The van der Waals surface area contributed by atoms with Gasteiger partial charge >= 0.3 is 0 Å². The van der Waals surface area contributed by atoms with Crippen molar-refractivity contribution < 1.29 is 9.53 Å². The molecular weight excluding hydrogens is 364 g/mol. The van der Waals surface area contributed by atoms with Gasteiger partial charge in [0.15, 0.2) is 0 Å². The molecule has 3 aromatic rings. The van der Waals surface area contributed by atoms with Gasteiger partial charge in [0.1, 0.15) is 23.1 Å². The molecule has 0 aliphatic carbocycles. The first-order valence-corrected chi connectivity index (χ1v) is 9.60. The van der Waals surface area contributed by atoms with Crippen LogP contribution in [0.15, 0.2) is 54.6 Å². The van der Waals surface area contributed by atoms with Gasteiger partial charge in [-0.25, -0.2) is 9.97 Å². The number of hydrogen-bond donors (Lipinski definition) is 2. The number of amides is 1. The summed E-state index contributed by atoms with van der Waals surface area (Å²) in [7, 11) is 1.64. The summed E-state index contributed by atoms with van der Waals surface area (Å²) in [5, 5.41) is 6.20. The molecule has 0 unspecified atom stereocenters. The molecule has 1 heterocycles. The Kier molecular flexibility index (Phi) is 6.79. The molecule has 6 heteroatoms. The number of methoxy groups -OCH3 is 1. The third kappa shape index (κ3) is 6.04. The topological polar surface area (TPSA) is 76.1 Å². The Balaban J connectivity index is 1.56. The van der Waals surface area contributed by atoms with Gasteiger partial charge in [0.05, 0.1) is 7.11 Å². The summed E-state index contributed by atoms with van der Waals surface area (Å²) in [4.78, 5) is 21.2. The van der Waals surface area contributed by atoms with Crippen LogP contribution in [0, 0.1) is 13.8 Å². The quantitative estimate of drug-likeness (QED) is 0.614. The standard InChI is InChI=1S/C23H26N4O2/c1-16-5-4-6-19(13-16)15-25-22-14-21(26-17(2)27-22)23(28)24-12-11-18-7-9-20(29-3)10-8-18/h4-10,13-14H,11-12,15H2,1-3H3,(H,24,28)(H,25,26,27). The Morgan fingerprint density at radius 2 is 1.79 bits per heavy atom. The van der Waals surface area contributed by atoms with E-state index < -0.39 is 0 Å². The molecule has 0 saturated heterocycles. The highest BCUT2D eigenvalue weighted by atomic mass is 16.5. The molecule has 0 saturated carbocycles. The largest absolute Gasteiger partial charge is 0.497 e. The minimum Gasteiger partial charge on any atom is -0.497 e. The summed E-state index contributed by atoms with van der Waals surface area (Å²) in [5.41, 5.74) is 3.86. The van der Waals surface area contributed by atoms with Crippen LogP contribution in [0.2, 0.25) is 0 Å². The molecule has 0 aliphatic rings. The first-order valence-electron chi connectivity index (χ1n) is 9.60. The van der Waals surface area contributed by atoms with Crippen molar-refractivity contribution in [3.63, 3.8) is 0 Å². The summed E-state index contributed by atoms with van der Waals surface area (Å²) < 4.78 is 5.16. The van der Waals surface area contributed by atoms with E-state index in [0.29, 0.717) is 30.4 Å². The molecule has 0 aliphatic heterocycles. The normalized spacial score (nSPS) is 10.4. The highest BCUT2D eigenvalue weighted by Crippen LogP contribution is 2.12. The van der Waals surface area contributed by atoms with Crippen molar-refractivity contribution in [2.45, 2.75) is 26.8 Å².